The molecule has 0 radical (unpaired) electrons. The lowest BCUT2D eigenvalue weighted by atomic mass is 10.2. The molecular formula is C18H18ClN5OS. The van der Waals surface area contributed by atoms with Gasteiger partial charge in [-0.25, -0.2) is 9.97 Å². The molecule has 3 rings (SSSR count). The third-order valence-corrected chi connectivity index (χ3v) is 4.55. The van der Waals surface area contributed by atoms with Crippen molar-refractivity contribution in [3.05, 3.63) is 58.7 Å². The first-order valence-electron chi connectivity index (χ1n) is 7.90. The van der Waals surface area contributed by atoms with E-state index in [1.54, 1.807) is 18.3 Å². The van der Waals surface area contributed by atoms with Crippen molar-refractivity contribution in [2.45, 2.75) is 6.42 Å². The summed E-state index contributed by atoms with van der Waals surface area (Å²) in [5.41, 5.74) is 2.54. The fourth-order valence-corrected chi connectivity index (χ4v) is 3.05. The minimum Gasteiger partial charge on any atom is -0.378 e. The maximum absolute atomic E-state index is 12.2. The Morgan fingerprint density at radius 2 is 1.96 bits per heavy atom. The van der Waals surface area contributed by atoms with Crippen LogP contribution in [0.3, 0.4) is 0 Å². The second-order valence-electron chi connectivity index (χ2n) is 5.80. The van der Waals surface area contributed by atoms with Crippen molar-refractivity contribution in [3.63, 3.8) is 0 Å². The molecule has 0 saturated carbocycles. The Bertz CT molecular complexity index is 877. The summed E-state index contributed by atoms with van der Waals surface area (Å²) in [7, 11) is 3.95. The quantitative estimate of drug-likeness (QED) is 0.663. The Morgan fingerprint density at radius 3 is 2.62 bits per heavy atom. The summed E-state index contributed by atoms with van der Waals surface area (Å²) in [6.07, 6.45) is 1.77. The minimum absolute atomic E-state index is 0.107. The van der Waals surface area contributed by atoms with E-state index in [4.69, 9.17) is 11.6 Å². The Kier molecular flexibility index (Phi) is 5.70. The average molecular weight is 388 g/mol. The number of halogens is 1. The van der Waals surface area contributed by atoms with E-state index >= 15 is 0 Å². The zero-order valence-electron chi connectivity index (χ0n) is 14.4. The molecule has 0 aliphatic rings. The number of hydrogen-bond donors (Lipinski definition) is 2. The molecule has 0 aliphatic carbocycles. The van der Waals surface area contributed by atoms with Gasteiger partial charge in [-0.05, 0) is 36.4 Å². The summed E-state index contributed by atoms with van der Waals surface area (Å²) >= 11 is 7.24. The maximum Gasteiger partial charge on any atom is 0.230 e. The van der Waals surface area contributed by atoms with Crippen LogP contribution in [0.1, 0.15) is 5.69 Å². The highest BCUT2D eigenvalue weighted by Gasteiger charge is 2.09. The monoisotopic (exact) mass is 387 g/mol. The van der Waals surface area contributed by atoms with Crippen LogP contribution >= 0.6 is 22.9 Å². The van der Waals surface area contributed by atoms with Crippen LogP contribution in [0.25, 0.3) is 0 Å². The van der Waals surface area contributed by atoms with Gasteiger partial charge in [0.15, 0.2) is 5.13 Å². The predicted molar refractivity (Wildman–Crippen MR) is 108 cm³/mol. The van der Waals surface area contributed by atoms with Crippen LogP contribution in [0.15, 0.2) is 48.0 Å². The summed E-state index contributed by atoms with van der Waals surface area (Å²) in [6.45, 7) is 0. The lowest BCUT2D eigenvalue weighted by molar-refractivity contribution is -0.115. The van der Waals surface area contributed by atoms with E-state index in [0.717, 1.165) is 11.4 Å². The Morgan fingerprint density at radius 1 is 1.19 bits per heavy atom. The van der Waals surface area contributed by atoms with Crippen molar-refractivity contribution in [1.82, 2.24) is 9.97 Å². The molecule has 0 aliphatic heterocycles. The molecule has 1 amide bonds. The van der Waals surface area contributed by atoms with E-state index in [1.165, 1.54) is 11.3 Å². The standard InChI is InChI=1S/C18H18ClN5OS/c1-24(2)15-6-4-13(5-7-15)21-17(25)9-14-11-26-18(22-14)23-16-8-3-12(19)10-20-16/h3-8,10-11H,9H2,1-2H3,(H,21,25)(H,20,22,23). The molecule has 0 fully saturated rings. The van der Waals surface area contributed by atoms with Gasteiger partial charge in [0, 0.05) is 37.0 Å². The van der Waals surface area contributed by atoms with Crippen LogP contribution in [0.2, 0.25) is 5.02 Å². The van der Waals surface area contributed by atoms with E-state index in [9.17, 15) is 4.79 Å². The topological polar surface area (TPSA) is 70.2 Å². The van der Waals surface area contributed by atoms with E-state index in [1.807, 2.05) is 48.6 Å². The number of rotatable bonds is 6. The molecule has 0 unspecified atom stereocenters. The van der Waals surface area contributed by atoms with Crippen LogP contribution in [-0.4, -0.2) is 30.0 Å². The fraction of sp³-hybridized carbons (Fsp3) is 0.167. The first kappa shape index (κ1) is 18.2. The molecule has 0 spiro atoms. The zero-order chi connectivity index (χ0) is 18.5. The number of nitrogens with zero attached hydrogens (tertiary/aromatic N) is 3. The van der Waals surface area contributed by atoms with Gasteiger partial charge in [-0.2, -0.15) is 0 Å². The summed E-state index contributed by atoms with van der Waals surface area (Å²) in [4.78, 5) is 22.8. The number of pyridine rings is 1. The molecule has 0 bridgehead atoms. The number of amides is 1. The highest BCUT2D eigenvalue weighted by atomic mass is 35.5. The van der Waals surface area contributed by atoms with Crippen LogP contribution in [-0.2, 0) is 11.2 Å². The van der Waals surface area contributed by atoms with Gasteiger partial charge in [-0.1, -0.05) is 11.6 Å². The smallest absolute Gasteiger partial charge is 0.230 e. The van der Waals surface area contributed by atoms with Gasteiger partial charge in [-0.3, -0.25) is 4.79 Å². The SMILES string of the molecule is CN(C)c1ccc(NC(=O)Cc2csc(Nc3ccc(Cl)cn3)n2)cc1. The number of aromatic nitrogens is 2. The van der Waals surface area contributed by atoms with Crippen LogP contribution in [0, 0.1) is 0 Å². The molecule has 134 valence electrons. The molecular weight excluding hydrogens is 370 g/mol. The van der Waals surface area contributed by atoms with E-state index in [0.29, 0.717) is 21.7 Å². The number of benzene rings is 1. The molecule has 2 aromatic heterocycles. The molecule has 8 heteroatoms. The number of nitrogens with one attached hydrogen (secondary N) is 2. The third-order valence-electron chi connectivity index (χ3n) is 3.52. The Labute approximate surface area is 160 Å². The van der Waals surface area contributed by atoms with Crippen molar-refractivity contribution in [1.29, 1.82) is 0 Å². The van der Waals surface area contributed by atoms with E-state index in [-0.39, 0.29) is 12.3 Å². The summed E-state index contributed by atoms with van der Waals surface area (Å²) < 4.78 is 0. The third kappa shape index (κ3) is 4.93. The largest absolute Gasteiger partial charge is 0.378 e. The molecule has 6 nitrogen and oxygen atoms in total. The number of thiazole rings is 1. The van der Waals surface area contributed by atoms with E-state index < -0.39 is 0 Å². The summed E-state index contributed by atoms with van der Waals surface area (Å²) in [5.74, 6) is 0.546. The minimum atomic E-state index is -0.107. The van der Waals surface area contributed by atoms with Crippen molar-refractivity contribution in [2.75, 3.05) is 29.6 Å². The summed E-state index contributed by atoms with van der Waals surface area (Å²) in [6, 6.07) is 11.2. The normalized spacial score (nSPS) is 10.4. The van der Waals surface area contributed by atoms with Gasteiger partial charge in [0.2, 0.25) is 5.91 Å². The first-order chi connectivity index (χ1) is 12.5. The second-order valence-corrected chi connectivity index (χ2v) is 7.09. The molecule has 26 heavy (non-hydrogen) atoms. The van der Waals surface area contributed by atoms with Gasteiger partial charge in [0.05, 0.1) is 17.1 Å². The predicted octanol–water partition coefficient (Wildman–Crippen LogP) is 4.18. The summed E-state index contributed by atoms with van der Waals surface area (Å²) in [5, 5.41) is 9.08. The fourth-order valence-electron chi connectivity index (χ4n) is 2.22. The van der Waals surface area contributed by atoms with E-state index in [2.05, 4.69) is 20.6 Å². The Hall–Kier alpha value is -2.64. The van der Waals surface area contributed by atoms with Crippen LogP contribution in [0.4, 0.5) is 22.3 Å². The van der Waals surface area contributed by atoms with Crippen LogP contribution < -0.4 is 15.5 Å². The van der Waals surface area contributed by atoms with Crippen molar-refractivity contribution in [3.8, 4) is 0 Å². The lowest BCUT2D eigenvalue weighted by Crippen LogP contribution is -2.15. The average Bonchev–Trinajstić information content (AvgIpc) is 3.04. The number of hydrogen-bond acceptors (Lipinski definition) is 6. The molecule has 0 atom stereocenters. The van der Waals surface area contributed by atoms with Crippen molar-refractivity contribution >= 4 is 51.2 Å². The zero-order valence-corrected chi connectivity index (χ0v) is 15.9. The number of carbonyl (C=O) groups excluding carboxylic acids is 1. The highest BCUT2D eigenvalue weighted by molar-refractivity contribution is 7.13. The van der Waals surface area contributed by atoms with Crippen molar-refractivity contribution in [2.24, 2.45) is 0 Å². The lowest BCUT2D eigenvalue weighted by Gasteiger charge is -2.12. The maximum atomic E-state index is 12.2. The second kappa shape index (κ2) is 8.16. The molecule has 0 saturated heterocycles. The number of anilines is 4. The Balaban J connectivity index is 1.56. The first-order valence-corrected chi connectivity index (χ1v) is 9.15. The van der Waals surface area contributed by atoms with Crippen molar-refractivity contribution < 1.29 is 4.79 Å². The molecule has 2 N–H and O–H groups in total. The van der Waals surface area contributed by atoms with Gasteiger partial charge < -0.3 is 15.5 Å². The van der Waals surface area contributed by atoms with Crippen LogP contribution in [0.5, 0.6) is 0 Å². The number of carbonyl (C=O) groups is 1. The van der Waals surface area contributed by atoms with Gasteiger partial charge in [0.1, 0.15) is 5.82 Å². The van der Waals surface area contributed by atoms with Gasteiger partial charge in [-0.15, -0.1) is 11.3 Å². The molecule has 3 aromatic rings. The van der Waals surface area contributed by atoms with Gasteiger partial charge in [0.25, 0.3) is 0 Å². The highest BCUT2D eigenvalue weighted by Crippen LogP contribution is 2.21. The van der Waals surface area contributed by atoms with Gasteiger partial charge >= 0.3 is 0 Å². The molecule has 2 heterocycles. The molecule has 1 aromatic carbocycles.